The molecule has 0 spiro atoms. The monoisotopic (exact) mass is 312 g/mol. The van der Waals surface area contributed by atoms with Crippen molar-refractivity contribution in [2.45, 2.75) is 59.2 Å². The van der Waals surface area contributed by atoms with Crippen LogP contribution in [0.5, 0.6) is 0 Å². The first-order chi connectivity index (χ1) is 10.7. The zero-order chi connectivity index (χ0) is 16.8. The van der Waals surface area contributed by atoms with Crippen LogP contribution in [0.1, 0.15) is 46.1 Å². The van der Waals surface area contributed by atoms with Crippen molar-refractivity contribution in [3.63, 3.8) is 0 Å². The molecule has 1 fully saturated rings. The van der Waals surface area contributed by atoms with Crippen LogP contribution in [0.15, 0.2) is 30.5 Å². The van der Waals surface area contributed by atoms with Gasteiger partial charge in [0.15, 0.2) is 0 Å². The van der Waals surface area contributed by atoms with Gasteiger partial charge in [0.25, 0.3) is 0 Å². The van der Waals surface area contributed by atoms with Crippen molar-refractivity contribution in [2.24, 2.45) is 0 Å². The van der Waals surface area contributed by atoms with Gasteiger partial charge >= 0.3 is 7.12 Å². The summed E-state index contributed by atoms with van der Waals surface area (Å²) in [5, 5.41) is 0. The molecule has 1 aliphatic heterocycles. The molecule has 0 bridgehead atoms. The van der Waals surface area contributed by atoms with E-state index in [1.807, 2.05) is 6.92 Å². The second-order valence-corrected chi connectivity index (χ2v) is 7.18. The van der Waals surface area contributed by atoms with E-state index >= 15 is 0 Å². The maximum absolute atomic E-state index is 6.10. The number of aryl methyl sites for hydroxylation is 2. The molecule has 1 aromatic carbocycles. The number of hydrogen-bond acceptors (Lipinski definition) is 3. The summed E-state index contributed by atoms with van der Waals surface area (Å²) in [5.41, 5.74) is 2.63. The molecule has 1 saturated heterocycles. The molecule has 122 valence electrons. The van der Waals surface area contributed by atoms with E-state index in [1.165, 1.54) is 0 Å². The van der Waals surface area contributed by atoms with Gasteiger partial charge in [-0.25, -0.2) is 4.98 Å². The van der Waals surface area contributed by atoms with Gasteiger partial charge in [-0.2, -0.15) is 0 Å². The van der Waals surface area contributed by atoms with Gasteiger partial charge in [0.1, 0.15) is 5.82 Å². The van der Waals surface area contributed by atoms with E-state index in [4.69, 9.17) is 9.31 Å². The minimum absolute atomic E-state index is 0.312. The Morgan fingerprint density at radius 2 is 1.61 bits per heavy atom. The van der Waals surface area contributed by atoms with Crippen molar-refractivity contribution in [3.8, 4) is 5.69 Å². The van der Waals surface area contributed by atoms with E-state index in [0.717, 1.165) is 29.1 Å². The predicted octanol–water partition coefficient (Wildman–Crippen LogP) is 3.04. The summed E-state index contributed by atoms with van der Waals surface area (Å²) in [4.78, 5) is 4.56. The molecule has 2 heterocycles. The van der Waals surface area contributed by atoms with Crippen LogP contribution in [0, 0.1) is 6.92 Å². The first-order valence-electron chi connectivity index (χ1n) is 8.24. The Morgan fingerprint density at radius 3 is 2.09 bits per heavy atom. The predicted molar refractivity (Wildman–Crippen MR) is 93.4 cm³/mol. The molecular formula is C18H25BN2O2. The Kier molecular flexibility index (Phi) is 3.89. The van der Waals surface area contributed by atoms with Gasteiger partial charge in [-0.1, -0.05) is 19.1 Å². The number of rotatable bonds is 3. The zero-order valence-corrected chi connectivity index (χ0v) is 14.9. The fourth-order valence-electron chi connectivity index (χ4n) is 2.74. The molecule has 2 aromatic rings. The number of aromatic nitrogens is 2. The van der Waals surface area contributed by atoms with Gasteiger partial charge in [-0.3, -0.25) is 0 Å². The summed E-state index contributed by atoms with van der Waals surface area (Å²) in [6.07, 6.45) is 3.04. The lowest BCUT2D eigenvalue weighted by Gasteiger charge is -2.32. The van der Waals surface area contributed by atoms with Crippen molar-refractivity contribution in [2.75, 3.05) is 0 Å². The van der Waals surface area contributed by atoms with Crippen LogP contribution < -0.4 is 5.46 Å². The van der Waals surface area contributed by atoms with Gasteiger partial charge in [0.05, 0.1) is 16.9 Å². The highest BCUT2D eigenvalue weighted by Crippen LogP contribution is 2.36. The van der Waals surface area contributed by atoms with Crippen LogP contribution in [-0.4, -0.2) is 27.9 Å². The van der Waals surface area contributed by atoms with Gasteiger partial charge < -0.3 is 13.9 Å². The molecule has 3 rings (SSSR count). The molecule has 0 atom stereocenters. The fraction of sp³-hybridized carbons (Fsp3) is 0.500. The maximum Gasteiger partial charge on any atom is 0.494 e. The quantitative estimate of drug-likeness (QED) is 0.817. The molecular weight excluding hydrogens is 287 g/mol. The van der Waals surface area contributed by atoms with Crippen molar-refractivity contribution >= 4 is 12.6 Å². The van der Waals surface area contributed by atoms with Gasteiger partial charge in [0.2, 0.25) is 0 Å². The van der Waals surface area contributed by atoms with Gasteiger partial charge in [-0.05, 0) is 58.6 Å². The van der Waals surface area contributed by atoms with Crippen molar-refractivity contribution < 1.29 is 9.31 Å². The van der Waals surface area contributed by atoms with Crippen molar-refractivity contribution in [3.05, 3.63) is 42.0 Å². The normalized spacial score (nSPS) is 19.3. The van der Waals surface area contributed by atoms with Crippen LogP contribution in [0.2, 0.25) is 0 Å². The topological polar surface area (TPSA) is 36.3 Å². The van der Waals surface area contributed by atoms with E-state index in [9.17, 15) is 0 Å². The Balaban J connectivity index is 1.84. The summed E-state index contributed by atoms with van der Waals surface area (Å²) < 4.78 is 14.3. The Labute approximate surface area is 139 Å². The summed E-state index contributed by atoms with van der Waals surface area (Å²) >= 11 is 0. The molecule has 4 nitrogen and oxygen atoms in total. The highest BCUT2D eigenvalue weighted by atomic mass is 16.7. The molecule has 1 aromatic heterocycles. The van der Waals surface area contributed by atoms with E-state index in [-0.39, 0.29) is 18.3 Å². The standard InChI is InChI=1S/C18H25BN2O2/c1-7-15-12-21(13(2)20-15)16-10-8-14(9-11-16)19-22-17(3,4)18(5,6)23-19/h8-12H,7H2,1-6H3. The van der Waals surface area contributed by atoms with E-state index in [1.54, 1.807) is 0 Å². The summed E-state index contributed by atoms with van der Waals surface area (Å²) in [6.45, 7) is 12.4. The third-order valence-electron chi connectivity index (χ3n) is 4.99. The highest BCUT2D eigenvalue weighted by Gasteiger charge is 2.51. The van der Waals surface area contributed by atoms with Crippen molar-refractivity contribution in [1.82, 2.24) is 9.55 Å². The lowest BCUT2D eigenvalue weighted by molar-refractivity contribution is 0.00578. The summed E-state index contributed by atoms with van der Waals surface area (Å²) in [5.74, 6) is 1.00. The largest absolute Gasteiger partial charge is 0.494 e. The molecule has 0 unspecified atom stereocenters. The molecule has 0 amide bonds. The summed E-state index contributed by atoms with van der Waals surface area (Å²) in [7, 11) is -0.316. The minimum Gasteiger partial charge on any atom is -0.399 e. The van der Waals surface area contributed by atoms with Gasteiger partial charge in [-0.15, -0.1) is 0 Å². The molecule has 0 aliphatic carbocycles. The molecule has 1 aliphatic rings. The van der Waals surface area contributed by atoms with Crippen molar-refractivity contribution in [1.29, 1.82) is 0 Å². The summed E-state index contributed by atoms with van der Waals surface area (Å²) in [6, 6.07) is 8.33. The average molecular weight is 312 g/mol. The molecule has 0 radical (unpaired) electrons. The molecule has 5 heteroatoms. The zero-order valence-electron chi connectivity index (χ0n) is 14.9. The molecule has 0 N–H and O–H groups in total. The van der Waals surface area contributed by atoms with E-state index in [0.29, 0.717) is 0 Å². The van der Waals surface area contributed by atoms with Crippen LogP contribution in [0.3, 0.4) is 0 Å². The van der Waals surface area contributed by atoms with Crippen LogP contribution >= 0.6 is 0 Å². The highest BCUT2D eigenvalue weighted by molar-refractivity contribution is 6.62. The second-order valence-electron chi connectivity index (χ2n) is 7.18. The number of nitrogens with zero attached hydrogens (tertiary/aromatic N) is 2. The Bertz CT molecular complexity index is 688. The first kappa shape index (κ1) is 16.3. The number of hydrogen-bond donors (Lipinski definition) is 0. The van der Waals surface area contributed by atoms with Crippen LogP contribution in [0.25, 0.3) is 5.69 Å². The van der Waals surface area contributed by atoms with E-state index < -0.39 is 0 Å². The Morgan fingerprint density at radius 1 is 1.04 bits per heavy atom. The maximum atomic E-state index is 6.10. The Hall–Kier alpha value is -1.59. The average Bonchev–Trinajstić information content (AvgIpc) is 2.96. The minimum atomic E-state index is -0.316. The third-order valence-corrected chi connectivity index (χ3v) is 4.99. The molecule has 0 saturated carbocycles. The van der Waals surface area contributed by atoms with Crippen LogP contribution in [-0.2, 0) is 15.7 Å². The van der Waals surface area contributed by atoms with Gasteiger partial charge in [0, 0.05) is 11.9 Å². The SMILES string of the molecule is CCc1cn(-c2ccc(B3OC(C)(C)C(C)(C)O3)cc2)c(C)n1. The smallest absolute Gasteiger partial charge is 0.399 e. The number of benzene rings is 1. The van der Waals surface area contributed by atoms with E-state index in [2.05, 4.69) is 74.6 Å². The lowest BCUT2D eigenvalue weighted by Crippen LogP contribution is -2.41. The third kappa shape index (κ3) is 2.84. The lowest BCUT2D eigenvalue weighted by atomic mass is 9.79. The second kappa shape index (κ2) is 5.50. The first-order valence-corrected chi connectivity index (χ1v) is 8.24. The van der Waals surface area contributed by atoms with Crippen LogP contribution in [0.4, 0.5) is 0 Å². The number of imidazole rings is 1. The fourth-order valence-corrected chi connectivity index (χ4v) is 2.74. The molecule has 23 heavy (non-hydrogen) atoms.